The van der Waals surface area contributed by atoms with Gasteiger partial charge in [0, 0.05) is 17.8 Å². The quantitative estimate of drug-likeness (QED) is 0.603. The number of hydrogen-bond donors (Lipinski definition) is 1. The molecule has 0 unspecified atom stereocenters. The van der Waals surface area contributed by atoms with Crippen molar-refractivity contribution in [3.63, 3.8) is 0 Å². The zero-order valence-corrected chi connectivity index (χ0v) is 9.61. The summed E-state index contributed by atoms with van der Waals surface area (Å²) in [6.07, 6.45) is 7.26. The highest BCUT2D eigenvalue weighted by Crippen LogP contribution is 2.22. The zero-order chi connectivity index (χ0) is 9.52. The Bertz CT molecular complexity index is 153. The lowest BCUT2D eigenvalue weighted by molar-refractivity contribution is -0.125. The maximum Gasteiger partial charge on any atom is 0.223 e. The second kappa shape index (κ2) is 6.41. The van der Waals surface area contributed by atoms with Crippen LogP contribution in [-0.2, 0) is 4.79 Å². The lowest BCUT2D eigenvalue weighted by Gasteiger charge is -2.12. The molecule has 0 atom stereocenters. The third-order valence-corrected chi connectivity index (χ3v) is 3.02. The van der Waals surface area contributed by atoms with Crippen LogP contribution >= 0.6 is 15.9 Å². The molecule has 76 valence electrons. The predicted molar refractivity (Wildman–Crippen MR) is 58.0 cm³/mol. The Morgan fingerprint density at radius 3 is 2.38 bits per heavy atom. The molecule has 2 nitrogen and oxygen atoms in total. The van der Waals surface area contributed by atoms with E-state index in [0.29, 0.717) is 5.92 Å². The van der Waals surface area contributed by atoms with Crippen LogP contribution in [0.3, 0.4) is 0 Å². The number of hydrogen-bond acceptors (Lipinski definition) is 1. The van der Waals surface area contributed by atoms with Crippen LogP contribution in [-0.4, -0.2) is 17.8 Å². The second-order valence-corrected chi connectivity index (χ2v) is 4.46. The molecule has 1 amide bonds. The summed E-state index contributed by atoms with van der Waals surface area (Å²) in [6.45, 7) is 0.759. The first-order valence-electron chi connectivity index (χ1n) is 5.18. The van der Waals surface area contributed by atoms with E-state index >= 15 is 0 Å². The van der Waals surface area contributed by atoms with E-state index in [-0.39, 0.29) is 5.91 Å². The molecule has 13 heavy (non-hydrogen) atoms. The highest BCUT2D eigenvalue weighted by molar-refractivity contribution is 9.09. The minimum atomic E-state index is 0.265. The van der Waals surface area contributed by atoms with Gasteiger partial charge in [0.15, 0.2) is 0 Å². The molecule has 1 saturated carbocycles. The Hall–Kier alpha value is -0.0500. The summed E-state index contributed by atoms with van der Waals surface area (Å²) < 4.78 is 0. The molecular weight excluding hydrogens is 230 g/mol. The summed E-state index contributed by atoms with van der Waals surface area (Å²) in [5, 5.41) is 3.80. The van der Waals surface area contributed by atoms with Gasteiger partial charge < -0.3 is 5.32 Å². The Labute approximate surface area is 88.6 Å². The normalized spacial score (nSPS) is 19.5. The van der Waals surface area contributed by atoms with Gasteiger partial charge in [0.2, 0.25) is 5.91 Å². The van der Waals surface area contributed by atoms with Gasteiger partial charge in [0.1, 0.15) is 0 Å². The number of amides is 1. The molecule has 0 radical (unpaired) electrons. The highest BCUT2D eigenvalue weighted by Gasteiger charge is 2.18. The SMILES string of the molecule is O=C(NCCBr)C1CCCCCC1. The van der Waals surface area contributed by atoms with Crippen molar-refractivity contribution in [2.24, 2.45) is 5.92 Å². The summed E-state index contributed by atoms with van der Waals surface area (Å²) >= 11 is 3.30. The van der Waals surface area contributed by atoms with Gasteiger partial charge >= 0.3 is 0 Å². The second-order valence-electron chi connectivity index (χ2n) is 3.67. The van der Waals surface area contributed by atoms with E-state index in [0.717, 1.165) is 24.7 Å². The minimum absolute atomic E-state index is 0.265. The molecule has 0 aliphatic heterocycles. The predicted octanol–water partition coefficient (Wildman–Crippen LogP) is 2.47. The van der Waals surface area contributed by atoms with Crippen molar-refractivity contribution in [1.29, 1.82) is 0 Å². The van der Waals surface area contributed by atoms with Crippen LogP contribution in [0.2, 0.25) is 0 Å². The number of rotatable bonds is 3. The maximum atomic E-state index is 11.6. The van der Waals surface area contributed by atoms with Gasteiger partial charge in [0.25, 0.3) is 0 Å². The third kappa shape index (κ3) is 4.12. The van der Waals surface area contributed by atoms with Gasteiger partial charge in [-0.3, -0.25) is 4.79 Å². The van der Waals surface area contributed by atoms with Crippen LogP contribution in [0.5, 0.6) is 0 Å². The molecule has 0 spiro atoms. The fourth-order valence-electron chi connectivity index (χ4n) is 1.86. The highest BCUT2D eigenvalue weighted by atomic mass is 79.9. The van der Waals surface area contributed by atoms with E-state index < -0.39 is 0 Å². The minimum Gasteiger partial charge on any atom is -0.355 e. The van der Waals surface area contributed by atoms with E-state index in [4.69, 9.17) is 0 Å². The fourth-order valence-corrected chi connectivity index (χ4v) is 2.05. The van der Waals surface area contributed by atoms with Crippen LogP contribution in [0.25, 0.3) is 0 Å². The molecule has 0 heterocycles. The van der Waals surface area contributed by atoms with Crippen LogP contribution in [0, 0.1) is 5.92 Å². The van der Waals surface area contributed by atoms with Gasteiger partial charge in [-0.25, -0.2) is 0 Å². The molecule has 0 aromatic heterocycles. The number of carbonyl (C=O) groups excluding carboxylic acids is 1. The van der Waals surface area contributed by atoms with E-state index in [1.54, 1.807) is 0 Å². The molecule has 0 aromatic rings. The van der Waals surface area contributed by atoms with Gasteiger partial charge in [-0.05, 0) is 12.8 Å². The molecule has 1 N–H and O–H groups in total. The van der Waals surface area contributed by atoms with Crippen molar-refractivity contribution in [3.8, 4) is 0 Å². The van der Waals surface area contributed by atoms with Crippen molar-refractivity contribution >= 4 is 21.8 Å². The molecule has 0 bridgehead atoms. The van der Waals surface area contributed by atoms with E-state index in [2.05, 4.69) is 21.2 Å². The first-order chi connectivity index (χ1) is 6.34. The average Bonchev–Trinajstić information content (AvgIpc) is 2.42. The Morgan fingerprint density at radius 2 is 1.85 bits per heavy atom. The zero-order valence-electron chi connectivity index (χ0n) is 8.02. The summed E-state index contributed by atoms with van der Waals surface area (Å²) in [5.41, 5.74) is 0. The standard InChI is InChI=1S/C10H18BrNO/c11-7-8-12-10(13)9-5-3-1-2-4-6-9/h9H,1-8H2,(H,12,13). The smallest absolute Gasteiger partial charge is 0.223 e. The molecular formula is C10H18BrNO. The molecule has 1 aliphatic carbocycles. The van der Waals surface area contributed by atoms with Crippen LogP contribution in [0.4, 0.5) is 0 Å². The summed E-state index contributed by atoms with van der Waals surface area (Å²) in [4.78, 5) is 11.6. The fraction of sp³-hybridized carbons (Fsp3) is 0.900. The van der Waals surface area contributed by atoms with Crippen molar-refractivity contribution in [2.75, 3.05) is 11.9 Å². The topological polar surface area (TPSA) is 29.1 Å². The van der Waals surface area contributed by atoms with Crippen molar-refractivity contribution in [2.45, 2.75) is 38.5 Å². The molecule has 1 fully saturated rings. The van der Waals surface area contributed by atoms with Gasteiger partial charge in [-0.1, -0.05) is 41.6 Å². The van der Waals surface area contributed by atoms with Crippen LogP contribution in [0.15, 0.2) is 0 Å². The Kier molecular flexibility index (Phi) is 5.44. The number of alkyl halides is 1. The third-order valence-electron chi connectivity index (χ3n) is 2.62. The summed E-state index contributed by atoms with van der Waals surface area (Å²) in [5.74, 6) is 0.558. The van der Waals surface area contributed by atoms with Crippen molar-refractivity contribution < 1.29 is 4.79 Å². The number of halogens is 1. The molecule has 0 aromatic carbocycles. The van der Waals surface area contributed by atoms with Crippen LogP contribution in [0.1, 0.15) is 38.5 Å². The van der Waals surface area contributed by atoms with Crippen LogP contribution < -0.4 is 5.32 Å². The first kappa shape index (κ1) is 11.0. The maximum absolute atomic E-state index is 11.6. The van der Waals surface area contributed by atoms with E-state index in [1.807, 2.05) is 0 Å². The van der Waals surface area contributed by atoms with Gasteiger partial charge in [0.05, 0.1) is 0 Å². The average molecular weight is 248 g/mol. The lowest BCUT2D eigenvalue weighted by Crippen LogP contribution is -2.31. The van der Waals surface area contributed by atoms with Gasteiger partial charge in [-0.15, -0.1) is 0 Å². The monoisotopic (exact) mass is 247 g/mol. The summed E-state index contributed by atoms with van der Waals surface area (Å²) in [7, 11) is 0. The lowest BCUT2D eigenvalue weighted by atomic mass is 10.00. The largest absolute Gasteiger partial charge is 0.355 e. The molecule has 1 rings (SSSR count). The van der Waals surface area contributed by atoms with Crippen molar-refractivity contribution in [3.05, 3.63) is 0 Å². The molecule has 1 aliphatic rings. The molecule has 3 heteroatoms. The molecule has 0 saturated heterocycles. The number of carbonyl (C=O) groups is 1. The first-order valence-corrected chi connectivity index (χ1v) is 6.30. The van der Waals surface area contributed by atoms with E-state index in [1.165, 1.54) is 25.7 Å². The number of nitrogens with one attached hydrogen (secondary N) is 1. The Balaban J connectivity index is 2.26. The van der Waals surface area contributed by atoms with Gasteiger partial charge in [-0.2, -0.15) is 0 Å². The van der Waals surface area contributed by atoms with Crippen molar-refractivity contribution in [1.82, 2.24) is 5.32 Å². The summed E-state index contributed by atoms with van der Waals surface area (Å²) in [6, 6.07) is 0. The van der Waals surface area contributed by atoms with E-state index in [9.17, 15) is 4.79 Å². The Morgan fingerprint density at radius 1 is 1.23 bits per heavy atom.